The molecule has 0 saturated heterocycles. The predicted molar refractivity (Wildman–Crippen MR) is 292 cm³/mol. The molecule has 0 bridgehead atoms. The van der Waals surface area contributed by atoms with Gasteiger partial charge in [-0.1, -0.05) is 182 Å². The predicted octanol–water partition coefficient (Wildman–Crippen LogP) is 16.8. The Morgan fingerprint density at radius 2 is 0.800 bits per heavy atom. The Bertz CT molecular complexity index is 4660. The van der Waals surface area contributed by atoms with Crippen LogP contribution in [-0.4, -0.2) is 24.1 Å². The minimum atomic E-state index is 0.624. The average molecular weight is 890 g/mol. The van der Waals surface area contributed by atoms with Gasteiger partial charge in [0.05, 0.1) is 22.1 Å². The Kier molecular flexibility index (Phi) is 8.29. The molecule has 3 heterocycles. The van der Waals surface area contributed by atoms with Crippen LogP contribution in [0.3, 0.4) is 0 Å². The van der Waals surface area contributed by atoms with Crippen molar-refractivity contribution in [3.8, 4) is 45.5 Å². The fourth-order valence-electron chi connectivity index (χ4n) is 11.2. The lowest BCUT2D eigenvalue weighted by Gasteiger charge is -2.14. The van der Waals surface area contributed by atoms with E-state index in [9.17, 15) is 0 Å². The first kappa shape index (κ1) is 38.6. The van der Waals surface area contributed by atoms with Crippen LogP contribution in [0.15, 0.2) is 237 Å². The molecule has 0 aliphatic heterocycles. The fourth-order valence-corrected chi connectivity index (χ4v) is 11.2. The third-order valence-corrected chi connectivity index (χ3v) is 14.5. The lowest BCUT2D eigenvalue weighted by Crippen LogP contribution is -2.01. The van der Waals surface area contributed by atoms with Crippen molar-refractivity contribution in [3.63, 3.8) is 0 Å². The van der Waals surface area contributed by atoms with Crippen molar-refractivity contribution in [2.75, 3.05) is 0 Å². The number of nitrogens with zero attached hydrogens (tertiary/aromatic N) is 5. The van der Waals surface area contributed by atoms with Gasteiger partial charge in [0.25, 0.3) is 0 Å². The summed E-state index contributed by atoms with van der Waals surface area (Å²) >= 11 is 0. The second kappa shape index (κ2) is 15.0. The first-order chi connectivity index (χ1) is 34.7. The Hall–Kier alpha value is -9.45. The molecule has 0 spiro atoms. The van der Waals surface area contributed by atoms with Crippen molar-refractivity contribution in [2.24, 2.45) is 0 Å². The van der Waals surface area contributed by atoms with Gasteiger partial charge in [-0.05, 0) is 108 Å². The highest BCUT2D eigenvalue weighted by Gasteiger charge is 2.20. The van der Waals surface area contributed by atoms with Crippen LogP contribution in [0, 0.1) is 0 Å². The van der Waals surface area contributed by atoms with Gasteiger partial charge in [0.15, 0.2) is 17.5 Å². The first-order valence-electron chi connectivity index (χ1n) is 23.8. The molecule has 3 aromatic heterocycles. The molecule has 324 valence electrons. The lowest BCUT2D eigenvalue weighted by molar-refractivity contribution is 1.08. The molecule has 0 N–H and O–H groups in total. The van der Waals surface area contributed by atoms with Crippen LogP contribution < -0.4 is 0 Å². The van der Waals surface area contributed by atoms with Crippen LogP contribution >= 0.6 is 0 Å². The van der Waals surface area contributed by atoms with E-state index in [1.54, 1.807) is 0 Å². The third-order valence-electron chi connectivity index (χ3n) is 14.5. The number of benzene rings is 12. The van der Waals surface area contributed by atoms with Gasteiger partial charge in [-0.15, -0.1) is 0 Å². The molecular formula is C65H39N5. The highest BCUT2D eigenvalue weighted by molar-refractivity contribution is 6.22. The monoisotopic (exact) mass is 889 g/mol. The number of para-hydroxylation sites is 1. The summed E-state index contributed by atoms with van der Waals surface area (Å²) in [5.41, 5.74) is 9.62. The number of aromatic nitrogens is 5. The normalized spacial score (nSPS) is 12.0. The summed E-state index contributed by atoms with van der Waals surface area (Å²) in [6, 6.07) is 85.4. The molecule has 0 saturated carbocycles. The Balaban J connectivity index is 0.967. The second-order valence-corrected chi connectivity index (χ2v) is 18.4. The molecule has 0 fully saturated rings. The zero-order valence-corrected chi connectivity index (χ0v) is 37.8. The SMILES string of the molecule is c1ccc(-c2nc(-c3ccc4ccc5ccccc5c4c3)nc(-c3cccc4ccc(-n5c6cc(-n7c8ccccc8c8c9ccccc9ccc87)ccc6c6cc7ccccc7cc65)cc34)n2)cc1. The minimum absolute atomic E-state index is 0.624. The van der Waals surface area contributed by atoms with E-state index in [2.05, 4.69) is 228 Å². The van der Waals surface area contributed by atoms with Crippen LogP contribution in [0.4, 0.5) is 0 Å². The maximum atomic E-state index is 5.34. The van der Waals surface area contributed by atoms with Gasteiger partial charge in [-0.25, -0.2) is 15.0 Å². The number of fused-ring (bicyclic) bond motifs is 13. The summed E-state index contributed by atoms with van der Waals surface area (Å²) in [7, 11) is 0. The zero-order chi connectivity index (χ0) is 45.9. The molecule has 15 rings (SSSR count). The molecule has 0 aliphatic carbocycles. The summed E-state index contributed by atoms with van der Waals surface area (Å²) in [5.74, 6) is 1.89. The zero-order valence-electron chi connectivity index (χ0n) is 37.8. The highest BCUT2D eigenvalue weighted by atomic mass is 15.0. The van der Waals surface area contributed by atoms with Crippen molar-refractivity contribution >= 4 is 97.5 Å². The van der Waals surface area contributed by atoms with Gasteiger partial charge in [0.1, 0.15) is 0 Å². The summed E-state index contributed by atoms with van der Waals surface area (Å²) < 4.78 is 4.89. The number of hydrogen-bond acceptors (Lipinski definition) is 3. The summed E-state index contributed by atoms with van der Waals surface area (Å²) in [4.78, 5) is 15.8. The molecule has 15 aromatic rings. The number of hydrogen-bond donors (Lipinski definition) is 0. The van der Waals surface area contributed by atoms with E-state index in [-0.39, 0.29) is 0 Å². The van der Waals surface area contributed by atoms with E-state index in [1.807, 2.05) is 18.2 Å². The van der Waals surface area contributed by atoms with Crippen molar-refractivity contribution in [1.82, 2.24) is 24.1 Å². The van der Waals surface area contributed by atoms with Gasteiger partial charge >= 0.3 is 0 Å². The second-order valence-electron chi connectivity index (χ2n) is 18.4. The fraction of sp³-hybridized carbons (Fsp3) is 0. The summed E-state index contributed by atoms with van der Waals surface area (Å²) in [6.07, 6.45) is 0. The van der Waals surface area contributed by atoms with E-state index in [1.165, 1.54) is 75.7 Å². The molecular weight excluding hydrogens is 851 g/mol. The third kappa shape index (κ3) is 5.88. The largest absolute Gasteiger partial charge is 0.309 e. The number of rotatable bonds is 5. The minimum Gasteiger partial charge on any atom is -0.309 e. The van der Waals surface area contributed by atoms with Crippen LogP contribution in [-0.2, 0) is 0 Å². The van der Waals surface area contributed by atoms with Gasteiger partial charge in [-0.2, -0.15) is 0 Å². The van der Waals surface area contributed by atoms with Crippen LogP contribution in [0.1, 0.15) is 0 Å². The van der Waals surface area contributed by atoms with Gasteiger partial charge in [0.2, 0.25) is 0 Å². The van der Waals surface area contributed by atoms with Crippen molar-refractivity contribution in [1.29, 1.82) is 0 Å². The van der Waals surface area contributed by atoms with Crippen LogP contribution in [0.5, 0.6) is 0 Å². The van der Waals surface area contributed by atoms with Gasteiger partial charge in [0, 0.05) is 49.6 Å². The molecule has 70 heavy (non-hydrogen) atoms. The quantitative estimate of drug-likeness (QED) is 0.162. The van der Waals surface area contributed by atoms with E-state index in [0.717, 1.165) is 49.9 Å². The van der Waals surface area contributed by atoms with E-state index in [4.69, 9.17) is 15.0 Å². The standard InChI is InChI=1S/C65H39N5/c1-2-15-44(16-3-1)63-66-64(47-28-27-43-26-25-40-13-6-8-20-50(40)55(43)36-47)68-65(67-63)53-23-12-19-42-29-31-48(38-56(42)53)70-60-37-46-18-5-4-17-45(46)35-57(60)52-33-32-49(39-61(52)70)69-58-24-11-10-22-54(58)62-51-21-9-7-14-41(51)30-34-59(62)69/h1-39H. The maximum absolute atomic E-state index is 5.34. The smallest absolute Gasteiger partial charge is 0.164 e. The lowest BCUT2D eigenvalue weighted by atomic mass is 9.99. The van der Waals surface area contributed by atoms with Crippen molar-refractivity contribution in [3.05, 3.63) is 237 Å². The molecule has 5 nitrogen and oxygen atoms in total. The Morgan fingerprint density at radius 3 is 1.64 bits per heavy atom. The van der Waals surface area contributed by atoms with E-state index < -0.39 is 0 Å². The molecule has 0 aliphatic rings. The van der Waals surface area contributed by atoms with Crippen molar-refractivity contribution in [2.45, 2.75) is 0 Å². The summed E-state index contributed by atoms with van der Waals surface area (Å²) in [5, 5.41) is 16.7. The topological polar surface area (TPSA) is 48.5 Å². The van der Waals surface area contributed by atoms with Gasteiger partial charge < -0.3 is 9.13 Å². The molecule has 0 radical (unpaired) electrons. The average Bonchev–Trinajstić information content (AvgIpc) is 3.94. The first-order valence-corrected chi connectivity index (χ1v) is 23.8. The summed E-state index contributed by atoms with van der Waals surface area (Å²) in [6.45, 7) is 0. The van der Waals surface area contributed by atoms with Crippen LogP contribution in [0.25, 0.3) is 143 Å². The van der Waals surface area contributed by atoms with E-state index in [0.29, 0.717) is 17.5 Å². The van der Waals surface area contributed by atoms with Crippen LogP contribution in [0.2, 0.25) is 0 Å². The Morgan fingerprint density at radius 1 is 0.243 bits per heavy atom. The molecule has 12 aromatic carbocycles. The van der Waals surface area contributed by atoms with E-state index >= 15 is 0 Å². The maximum Gasteiger partial charge on any atom is 0.164 e. The highest BCUT2D eigenvalue weighted by Crippen LogP contribution is 2.41. The molecule has 0 atom stereocenters. The Labute approximate surface area is 401 Å². The van der Waals surface area contributed by atoms with Gasteiger partial charge in [-0.3, -0.25) is 0 Å². The molecule has 0 amide bonds. The van der Waals surface area contributed by atoms with Crippen molar-refractivity contribution < 1.29 is 0 Å². The molecule has 0 unspecified atom stereocenters. The molecule has 5 heteroatoms.